The van der Waals surface area contributed by atoms with Crippen molar-refractivity contribution < 1.29 is 8.78 Å². The normalized spacial score (nSPS) is 12.4. The number of nitrogens with zero attached hydrogens (tertiary/aromatic N) is 1. The summed E-state index contributed by atoms with van der Waals surface area (Å²) in [7, 11) is 0. The lowest BCUT2D eigenvalue weighted by Crippen LogP contribution is -2.23. The molecule has 5 heteroatoms. The van der Waals surface area contributed by atoms with Crippen LogP contribution in [0.5, 0.6) is 0 Å². The van der Waals surface area contributed by atoms with Gasteiger partial charge in [0.1, 0.15) is 0 Å². The first-order valence-corrected chi connectivity index (χ1v) is 7.18. The lowest BCUT2D eigenvalue weighted by atomic mass is 10.0. The molecule has 1 aromatic carbocycles. The monoisotopic (exact) mass is 340 g/mol. The Morgan fingerprint density at radius 2 is 2.00 bits per heavy atom. The maximum atomic E-state index is 13.3. The predicted octanol–water partition coefficient (Wildman–Crippen LogP) is 4.02. The molecule has 1 heterocycles. The van der Waals surface area contributed by atoms with Crippen molar-refractivity contribution in [3.05, 3.63) is 63.9 Å². The van der Waals surface area contributed by atoms with Crippen molar-refractivity contribution in [3.63, 3.8) is 0 Å². The van der Waals surface area contributed by atoms with Crippen LogP contribution in [0.4, 0.5) is 8.78 Å². The molecule has 0 saturated heterocycles. The Kier molecular flexibility index (Phi) is 5.20. The van der Waals surface area contributed by atoms with Crippen LogP contribution in [-0.2, 0) is 6.42 Å². The van der Waals surface area contributed by atoms with Gasteiger partial charge in [-0.25, -0.2) is 8.78 Å². The molecule has 20 heavy (non-hydrogen) atoms. The molecule has 1 aromatic heterocycles. The second kappa shape index (κ2) is 6.90. The minimum Gasteiger partial charge on any atom is -0.310 e. The van der Waals surface area contributed by atoms with Crippen LogP contribution in [0.3, 0.4) is 0 Å². The van der Waals surface area contributed by atoms with Gasteiger partial charge in [0.25, 0.3) is 0 Å². The number of aromatic nitrogens is 1. The Balaban J connectivity index is 2.21. The number of hydrogen-bond acceptors (Lipinski definition) is 2. The van der Waals surface area contributed by atoms with E-state index in [9.17, 15) is 8.78 Å². The third kappa shape index (κ3) is 3.84. The predicted molar refractivity (Wildman–Crippen MR) is 78.4 cm³/mol. The number of benzene rings is 1. The minimum atomic E-state index is -0.828. The molecule has 0 aliphatic rings. The van der Waals surface area contributed by atoms with E-state index in [4.69, 9.17) is 0 Å². The summed E-state index contributed by atoms with van der Waals surface area (Å²) in [5.74, 6) is -1.65. The van der Waals surface area contributed by atoms with Crippen molar-refractivity contribution in [2.75, 3.05) is 6.54 Å². The van der Waals surface area contributed by atoms with Crippen LogP contribution in [0.2, 0.25) is 0 Å². The van der Waals surface area contributed by atoms with Crippen LogP contribution < -0.4 is 5.32 Å². The second-order valence-electron chi connectivity index (χ2n) is 4.46. The SMILES string of the molecule is CCNC(Cc1ccc(Br)cn1)c1ccc(F)c(F)c1. The van der Waals surface area contributed by atoms with Crippen LogP contribution in [-0.4, -0.2) is 11.5 Å². The van der Waals surface area contributed by atoms with E-state index in [2.05, 4.69) is 26.2 Å². The Bertz CT molecular complexity index is 573. The maximum Gasteiger partial charge on any atom is 0.159 e. The lowest BCUT2D eigenvalue weighted by molar-refractivity contribution is 0.496. The second-order valence-corrected chi connectivity index (χ2v) is 5.37. The number of rotatable bonds is 5. The molecule has 106 valence electrons. The van der Waals surface area contributed by atoms with Crippen LogP contribution in [0.25, 0.3) is 0 Å². The van der Waals surface area contributed by atoms with Crippen molar-refractivity contribution in [2.45, 2.75) is 19.4 Å². The fourth-order valence-electron chi connectivity index (χ4n) is 2.02. The summed E-state index contributed by atoms with van der Waals surface area (Å²) in [5.41, 5.74) is 1.61. The number of halogens is 3. The van der Waals surface area contributed by atoms with Crippen LogP contribution in [0.15, 0.2) is 41.0 Å². The molecule has 0 amide bonds. The average molecular weight is 341 g/mol. The first-order chi connectivity index (χ1) is 9.60. The van der Waals surface area contributed by atoms with Crippen molar-refractivity contribution in [2.24, 2.45) is 0 Å². The van der Waals surface area contributed by atoms with E-state index in [1.807, 2.05) is 19.1 Å². The van der Waals surface area contributed by atoms with Crippen LogP contribution in [0.1, 0.15) is 24.2 Å². The molecule has 0 aliphatic heterocycles. The molecule has 0 spiro atoms. The summed E-state index contributed by atoms with van der Waals surface area (Å²) in [5, 5.41) is 3.27. The van der Waals surface area contributed by atoms with Gasteiger partial charge >= 0.3 is 0 Å². The highest BCUT2D eigenvalue weighted by atomic mass is 79.9. The fourth-order valence-corrected chi connectivity index (χ4v) is 2.25. The Morgan fingerprint density at radius 3 is 2.60 bits per heavy atom. The van der Waals surface area contributed by atoms with Crippen molar-refractivity contribution in [1.29, 1.82) is 0 Å². The van der Waals surface area contributed by atoms with Gasteiger partial charge in [-0.05, 0) is 52.3 Å². The van der Waals surface area contributed by atoms with Crippen LogP contribution in [0, 0.1) is 11.6 Å². The molecule has 1 atom stereocenters. The Hall–Kier alpha value is -1.33. The lowest BCUT2D eigenvalue weighted by Gasteiger charge is -2.18. The van der Waals surface area contributed by atoms with Gasteiger partial charge in [0.2, 0.25) is 0 Å². The van der Waals surface area contributed by atoms with Gasteiger partial charge in [-0.1, -0.05) is 13.0 Å². The highest BCUT2D eigenvalue weighted by molar-refractivity contribution is 9.10. The van der Waals surface area contributed by atoms with Gasteiger partial charge in [0.05, 0.1) is 0 Å². The van der Waals surface area contributed by atoms with Gasteiger partial charge in [0, 0.05) is 28.8 Å². The summed E-state index contributed by atoms with van der Waals surface area (Å²) in [4.78, 5) is 4.31. The number of pyridine rings is 1. The third-order valence-electron chi connectivity index (χ3n) is 3.00. The van der Waals surface area contributed by atoms with Crippen molar-refractivity contribution in [1.82, 2.24) is 10.3 Å². The molecule has 1 unspecified atom stereocenters. The molecular formula is C15H15BrF2N2. The van der Waals surface area contributed by atoms with Gasteiger partial charge in [-0.15, -0.1) is 0 Å². The van der Waals surface area contributed by atoms with Gasteiger partial charge < -0.3 is 5.32 Å². The third-order valence-corrected chi connectivity index (χ3v) is 3.47. The van der Waals surface area contributed by atoms with E-state index in [-0.39, 0.29) is 6.04 Å². The molecule has 0 fully saturated rings. The first kappa shape index (κ1) is 15.1. The number of likely N-dealkylation sites (N-methyl/N-ethyl adjacent to an activating group) is 1. The fraction of sp³-hybridized carbons (Fsp3) is 0.267. The van der Waals surface area contributed by atoms with E-state index in [0.717, 1.165) is 28.3 Å². The summed E-state index contributed by atoms with van der Waals surface area (Å²) < 4.78 is 27.3. The quantitative estimate of drug-likeness (QED) is 0.889. The molecule has 1 N–H and O–H groups in total. The summed E-state index contributed by atoms with van der Waals surface area (Å²) >= 11 is 3.34. The highest BCUT2D eigenvalue weighted by Gasteiger charge is 2.14. The Morgan fingerprint density at radius 1 is 1.20 bits per heavy atom. The smallest absolute Gasteiger partial charge is 0.159 e. The summed E-state index contributed by atoms with van der Waals surface area (Å²) in [6.45, 7) is 2.71. The molecule has 0 bridgehead atoms. The van der Waals surface area contributed by atoms with E-state index in [1.54, 1.807) is 12.3 Å². The van der Waals surface area contributed by atoms with E-state index in [1.165, 1.54) is 6.07 Å². The summed E-state index contributed by atoms with van der Waals surface area (Å²) in [6.07, 6.45) is 2.34. The Labute approximate surface area is 125 Å². The first-order valence-electron chi connectivity index (χ1n) is 6.39. The van der Waals surface area contributed by atoms with E-state index in [0.29, 0.717) is 6.42 Å². The van der Waals surface area contributed by atoms with Crippen molar-refractivity contribution in [3.8, 4) is 0 Å². The molecule has 0 saturated carbocycles. The number of nitrogens with one attached hydrogen (secondary N) is 1. The zero-order valence-corrected chi connectivity index (χ0v) is 12.6. The van der Waals surface area contributed by atoms with Crippen molar-refractivity contribution >= 4 is 15.9 Å². The standard InChI is InChI=1S/C15H15BrF2N2/c1-2-19-15(8-12-5-4-11(16)9-20-12)10-3-6-13(17)14(18)7-10/h3-7,9,15,19H,2,8H2,1H3. The molecular weight excluding hydrogens is 326 g/mol. The largest absolute Gasteiger partial charge is 0.310 e. The highest BCUT2D eigenvalue weighted by Crippen LogP contribution is 2.20. The molecule has 2 nitrogen and oxygen atoms in total. The van der Waals surface area contributed by atoms with E-state index < -0.39 is 11.6 Å². The van der Waals surface area contributed by atoms with Gasteiger partial charge in [-0.2, -0.15) is 0 Å². The van der Waals surface area contributed by atoms with Crippen LogP contribution >= 0.6 is 15.9 Å². The minimum absolute atomic E-state index is 0.0937. The molecule has 2 aromatic rings. The average Bonchev–Trinajstić information content (AvgIpc) is 2.44. The van der Waals surface area contributed by atoms with Gasteiger partial charge in [-0.3, -0.25) is 4.98 Å². The maximum absolute atomic E-state index is 13.3. The topological polar surface area (TPSA) is 24.9 Å². The molecule has 0 radical (unpaired) electrons. The van der Waals surface area contributed by atoms with E-state index >= 15 is 0 Å². The molecule has 0 aliphatic carbocycles. The zero-order chi connectivity index (χ0) is 14.5. The summed E-state index contributed by atoms with van der Waals surface area (Å²) in [6, 6.07) is 7.73. The molecule has 2 rings (SSSR count). The number of hydrogen-bond donors (Lipinski definition) is 1. The zero-order valence-electron chi connectivity index (χ0n) is 11.0. The van der Waals surface area contributed by atoms with Gasteiger partial charge in [0.15, 0.2) is 11.6 Å².